The quantitative estimate of drug-likeness (QED) is 0.571. The maximum absolute atomic E-state index is 12.6. The van der Waals surface area contributed by atoms with Crippen molar-refractivity contribution in [3.63, 3.8) is 0 Å². The molecule has 0 spiro atoms. The standard InChI is InChI=1S/C21H25BrN4O3/c1-12-6-7-17(10-13(12)2)28-11-18-16(5)29-25-20(18)21(27)23-8-9-26-15(4)19(22)14(3)24-26/h6-7,10H,8-9,11H2,1-5H3,(H,23,27). The molecule has 0 bridgehead atoms. The average molecular weight is 461 g/mol. The minimum atomic E-state index is -0.291. The molecule has 0 aliphatic heterocycles. The predicted molar refractivity (Wildman–Crippen MR) is 113 cm³/mol. The number of rotatable bonds is 7. The molecule has 3 aromatic rings. The number of carbonyl (C=O) groups is 1. The zero-order valence-corrected chi connectivity index (χ0v) is 18.9. The topological polar surface area (TPSA) is 82.2 Å². The van der Waals surface area contributed by atoms with Gasteiger partial charge in [0.2, 0.25) is 0 Å². The van der Waals surface area contributed by atoms with E-state index in [-0.39, 0.29) is 18.2 Å². The maximum atomic E-state index is 12.6. The predicted octanol–water partition coefficient (Wildman–Crippen LogP) is 4.18. The largest absolute Gasteiger partial charge is 0.489 e. The van der Waals surface area contributed by atoms with E-state index in [9.17, 15) is 4.79 Å². The van der Waals surface area contributed by atoms with Crippen LogP contribution in [0.4, 0.5) is 0 Å². The number of halogens is 1. The van der Waals surface area contributed by atoms with E-state index in [1.807, 2.05) is 43.7 Å². The van der Waals surface area contributed by atoms with E-state index in [1.165, 1.54) is 5.56 Å². The number of amides is 1. The van der Waals surface area contributed by atoms with Crippen molar-refractivity contribution in [2.75, 3.05) is 6.54 Å². The molecule has 29 heavy (non-hydrogen) atoms. The van der Waals surface area contributed by atoms with Gasteiger partial charge in [0.15, 0.2) is 5.69 Å². The average Bonchev–Trinajstić information content (AvgIpc) is 3.17. The first kappa shape index (κ1) is 21.1. The van der Waals surface area contributed by atoms with Crippen LogP contribution in [0.25, 0.3) is 0 Å². The lowest BCUT2D eigenvalue weighted by molar-refractivity contribution is 0.0940. The molecule has 0 atom stereocenters. The molecule has 3 rings (SSSR count). The molecular formula is C21H25BrN4O3. The molecule has 0 saturated heterocycles. The Hall–Kier alpha value is -2.61. The van der Waals surface area contributed by atoms with Crippen molar-refractivity contribution in [1.29, 1.82) is 0 Å². The molecule has 7 nitrogen and oxygen atoms in total. The lowest BCUT2D eigenvalue weighted by atomic mass is 10.1. The molecule has 0 aliphatic rings. The van der Waals surface area contributed by atoms with Crippen LogP contribution in [0.2, 0.25) is 0 Å². The van der Waals surface area contributed by atoms with Gasteiger partial charge in [-0.3, -0.25) is 9.48 Å². The minimum absolute atomic E-state index is 0.213. The number of nitrogens with one attached hydrogen (secondary N) is 1. The van der Waals surface area contributed by atoms with E-state index in [2.05, 4.69) is 38.4 Å². The summed E-state index contributed by atoms with van der Waals surface area (Å²) < 4.78 is 13.9. The molecule has 0 saturated carbocycles. The van der Waals surface area contributed by atoms with Gasteiger partial charge in [-0.2, -0.15) is 5.10 Å². The van der Waals surface area contributed by atoms with Crippen LogP contribution in [0, 0.1) is 34.6 Å². The fourth-order valence-electron chi connectivity index (χ4n) is 2.95. The van der Waals surface area contributed by atoms with E-state index >= 15 is 0 Å². The fourth-order valence-corrected chi connectivity index (χ4v) is 3.23. The van der Waals surface area contributed by atoms with Gasteiger partial charge in [0.25, 0.3) is 5.91 Å². The van der Waals surface area contributed by atoms with Crippen LogP contribution < -0.4 is 10.1 Å². The Kier molecular flexibility index (Phi) is 6.42. The van der Waals surface area contributed by atoms with Gasteiger partial charge in [-0.1, -0.05) is 11.2 Å². The molecule has 0 radical (unpaired) electrons. The van der Waals surface area contributed by atoms with Crippen molar-refractivity contribution in [3.05, 3.63) is 62.2 Å². The van der Waals surface area contributed by atoms with Gasteiger partial charge in [-0.05, 0) is 73.8 Å². The number of ether oxygens (including phenoxy) is 1. The lowest BCUT2D eigenvalue weighted by Crippen LogP contribution is -2.29. The van der Waals surface area contributed by atoms with E-state index < -0.39 is 0 Å². The van der Waals surface area contributed by atoms with E-state index in [0.29, 0.717) is 24.4 Å². The number of carbonyl (C=O) groups excluding carboxylic acids is 1. The van der Waals surface area contributed by atoms with Crippen LogP contribution in [0.15, 0.2) is 27.2 Å². The number of aryl methyl sites for hydroxylation is 4. The van der Waals surface area contributed by atoms with Crippen molar-refractivity contribution in [2.24, 2.45) is 0 Å². The minimum Gasteiger partial charge on any atom is -0.489 e. The monoisotopic (exact) mass is 460 g/mol. The summed E-state index contributed by atoms with van der Waals surface area (Å²) in [6, 6.07) is 5.90. The summed E-state index contributed by atoms with van der Waals surface area (Å²) in [6.45, 7) is 11.0. The molecule has 8 heteroatoms. The smallest absolute Gasteiger partial charge is 0.273 e. The Morgan fingerprint density at radius 3 is 2.62 bits per heavy atom. The molecule has 0 unspecified atom stereocenters. The highest BCUT2D eigenvalue weighted by atomic mass is 79.9. The third kappa shape index (κ3) is 4.70. The molecular weight excluding hydrogens is 436 g/mol. The summed E-state index contributed by atoms with van der Waals surface area (Å²) in [5.41, 5.74) is 5.20. The van der Waals surface area contributed by atoms with Crippen LogP contribution in [-0.4, -0.2) is 27.4 Å². The summed E-state index contributed by atoms with van der Waals surface area (Å²) in [5, 5.41) is 11.2. The molecule has 1 amide bonds. The van der Waals surface area contributed by atoms with Crippen molar-refractivity contribution >= 4 is 21.8 Å². The highest BCUT2D eigenvalue weighted by Crippen LogP contribution is 2.21. The number of hydrogen-bond donors (Lipinski definition) is 1. The molecule has 154 valence electrons. The normalized spacial score (nSPS) is 11.0. The van der Waals surface area contributed by atoms with Crippen LogP contribution >= 0.6 is 15.9 Å². The number of aromatic nitrogens is 3. The summed E-state index contributed by atoms with van der Waals surface area (Å²) >= 11 is 3.51. The van der Waals surface area contributed by atoms with Crippen molar-refractivity contribution in [2.45, 2.75) is 47.8 Å². The van der Waals surface area contributed by atoms with Crippen molar-refractivity contribution in [1.82, 2.24) is 20.3 Å². The highest BCUT2D eigenvalue weighted by molar-refractivity contribution is 9.10. The molecule has 0 fully saturated rings. The maximum Gasteiger partial charge on any atom is 0.273 e. The molecule has 2 heterocycles. The van der Waals surface area contributed by atoms with Crippen LogP contribution in [-0.2, 0) is 13.2 Å². The number of nitrogens with zero attached hydrogens (tertiary/aromatic N) is 3. The first-order chi connectivity index (χ1) is 13.8. The second-order valence-electron chi connectivity index (χ2n) is 7.06. The van der Waals surface area contributed by atoms with Crippen molar-refractivity contribution < 1.29 is 14.1 Å². The highest BCUT2D eigenvalue weighted by Gasteiger charge is 2.20. The Bertz CT molecular complexity index is 1040. The zero-order valence-electron chi connectivity index (χ0n) is 17.3. The molecule has 1 aromatic carbocycles. The first-order valence-corrected chi connectivity index (χ1v) is 10.2. The first-order valence-electron chi connectivity index (χ1n) is 9.40. The zero-order chi connectivity index (χ0) is 21.1. The van der Waals surface area contributed by atoms with Crippen LogP contribution in [0.5, 0.6) is 5.75 Å². The number of benzene rings is 1. The fraction of sp³-hybridized carbons (Fsp3) is 0.381. The van der Waals surface area contributed by atoms with Gasteiger partial charge in [0.05, 0.1) is 22.3 Å². The van der Waals surface area contributed by atoms with Crippen LogP contribution in [0.1, 0.15) is 44.3 Å². The van der Waals surface area contributed by atoms with E-state index in [4.69, 9.17) is 9.26 Å². The number of hydrogen-bond acceptors (Lipinski definition) is 5. The van der Waals surface area contributed by atoms with Gasteiger partial charge in [0.1, 0.15) is 18.1 Å². The Morgan fingerprint density at radius 2 is 1.97 bits per heavy atom. The summed E-state index contributed by atoms with van der Waals surface area (Å²) in [6.07, 6.45) is 0. The van der Waals surface area contributed by atoms with E-state index in [1.54, 1.807) is 6.92 Å². The van der Waals surface area contributed by atoms with E-state index in [0.717, 1.165) is 27.2 Å². The second-order valence-corrected chi connectivity index (χ2v) is 7.86. The summed E-state index contributed by atoms with van der Waals surface area (Å²) in [4.78, 5) is 12.6. The van der Waals surface area contributed by atoms with Crippen molar-refractivity contribution in [3.8, 4) is 5.75 Å². The summed E-state index contributed by atoms with van der Waals surface area (Å²) in [5.74, 6) is 1.03. The van der Waals surface area contributed by atoms with Gasteiger partial charge in [-0.15, -0.1) is 0 Å². The Morgan fingerprint density at radius 1 is 1.21 bits per heavy atom. The van der Waals surface area contributed by atoms with Gasteiger partial charge < -0.3 is 14.6 Å². The van der Waals surface area contributed by atoms with Crippen LogP contribution in [0.3, 0.4) is 0 Å². The lowest BCUT2D eigenvalue weighted by Gasteiger charge is -2.09. The molecule has 2 aromatic heterocycles. The SMILES string of the molecule is Cc1ccc(OCc2c(C(=O)NCCn3nc(C)c(Br)c3C)noc2C)cc1C. The summed E-state index contributed by atoms with van der Waals surface area (Å²) in [7, 11) is 0. The molecule has 1 N–H and O–H groups in total. The van der Waals surface area contributed by atoms with Gasteiger partial charge >= 0.3 is 0 Å². The molecule has 0 aliphatic carbocycles. The Balaban J connectivity index is 1.62. The van der Waals surface area contributed by atoms with Gasteiger partial charge in [0, 0.05) is 12.2 Å². The third-order valence-corrected chi connectivity index (χ3v) is 6.11. The Labute approximate surface area is 178 Å². The second kappa shape index (κ2) is 8.82. The van der Waals surface area contributed by atoms with Gasteiger partial charge in [-0.25, -0.2) is 0 Å². The third-order valence-electron chi connectivity index (χ3n) is 4.96.